The van der Waals surface area contributed by atoms with E-state index in [4.69, 9.17) is 0 Å². The Bertz CT molecular complexity index is 1010. The molecular weight excluding hydrogens is 318 g/mol. The first-order valence-corrected chi connectivity index (χ1v) is 8.19. The van der Waals surface area contributed by atoms with Crippen LogP contribution in [0.4, 0.5) is 5.69 Å². The van der Waals surface area contributed by atoms with Crippen molar-refractivity contribution in [2.45, 2.75) is 19.9 Å². The molecule has 1 N–H and O–H groups in total. The minimum absolute atomic E-state index is 0.0733. The lowest BCUT2D eigenvalue weighted by atomic mass is 10.2. The lowest BCUT2D eigenvalue weighted by Gasteiger charge is -2.21. The van der Waals surface area contributed by atoms with E-state index in [2.05, 4.69) is 4.98 Å². The summed E-state index contributed by atoms with van der Waals surface area (Å²) in [4.78, 5) is 40.6. The van der Waals surface area contributed by atoms with Gasteiger partial charge in [0, 0.05) is 25.2 Å². The summed E-state index contributed by atoms with van der Waals surface area (Å²) in [5, 5.41) is 0.435. The molecule has 1 amide bonds. The summed E-state index contributed by atoms with van der Waals surface area (Å²) < 4.78 is 1.44. The van der Waals surface area contributed by atoms with Crippen LogP contribution in [-0.2, 0) is 11.3 Å². The van der Waals surface area contributed by atoms with Crippen LogP contribution in [0.15, 0.2) is 64.2 Å². The molecule has 2 aromatic carbocycles. The molecular formula is C19H19N3O3. The van der Waals surface area contributed by atoms with Crippen molar-refractivity contribution in [2.24, 2.45) is 0 Å². The number of para-hydroxylation sites is 2. The fraction of sp³-hybridized carbons (Fsp3) is 0.211. The maximum atomic E-state index is 12.6. The molecule has 0 atom stereocenters. The van der Waals surface area contributed by atoms with E-state index in [0.29, 0.717) is 17.4 Å². The van der Waals surface area contributed by atoms with Crippen molar-refractivity contribution in [1.29, 1.82) is 0 Å². The van der Waals surface area contributed by atoms with Gasteiger partial charge in [-0.1, -0.05) is 30.3 Å². The van der Waals surface area contributed by atoms with E-state index in [1.54, 1.807) is 29.2 Å². The number of hydrogen-bond donors (Lipinski definition) is 1. The molecule has 0 spiro atoms. The number of aryl methyl sites for hydroxylation is 1. The molecule has 1 heterocycles. The normalized spacial score (nSPS) is 10.8. The molecule has 25 heavy (non-hydrogen) atoms. The Hall–Kier alpha value is -3.15. The van der Waals surface area contributed by atoms with Gasteiger partial charge in [-0.15, -0.1) is 0 Å². The third-order valence-electron chi connectivity index (χ3n) is 4.14. The molecule has 3 aromatic rings. The summed E-state index contributed by atoms with van der Waals surface area (Å²) in [6.45, 7) is 2.66. The standard InChI is InChI=1S/C19H19N3O3/c1-2-21(14-8-4-3-5-9-14)17(23)12-13-22-16-11-7-6-10-15(16)18(24)20-19(22)25/h3-11H,2,12-13H2,1H3,(H,20,24,25). The van der Waals surface area contributed by atoms with Crippen LogP contribution in [0.25, 0.3) is 10.9 Å². The summed E-state index contributed by atoms with van der Waals surface area (Å²) in [5.74, 6) is -0.0733. The van der Waals surface area contributed by atoms with E-state index in [0.717, 1.165) is 5.69 Å². The van der Waals surface area contributed by atoms with Crippen LogP contribution in [0.5, 0.6) is 0 Å². The molecule has 3 rings (SSSR count). The molecule has 0 aliphatic carbocycles. The van der Waals surface area contributed by atoms with Crippen molar-refractivity contribution in [3.05, 3.63) is 75.4 Å². The molecule has 6 nitrogen and oxygen atoms in total. The number of aromatic nitrogens is 2. The number of carbonyl (C=O) groups excluding carboxylic acids is 1. The first-order valence-electron chi connectivity index (χ1n) is 8.19. The van der Waals surface area contributed by atoms with Gasteiger partial charge in [0.05, 0.1) is 10.9 Å². The fourth-order valence-electron chi connectivity index (χ4n) is 2.92. The van der Waals surface area contributed by atoms with Gasteiger partial charge in [-0.3, -0.25) is 19.1 Å². The topological polar surface area (TPSA) is 75.2 Å². The maximum absolute atomic E-state index is 12.6. The van der Waals surface area contributed by atoms with E-state index in [9.17, 15) is 14.4 Å². The average Bonchev–Trinajstić information content (AvgIpc) is 2.63. The number of H-pyrrole nitrogens is 1. The van der Waals surface area contributed by atoms with Gasteiger partial charge >= 0.3 is 5.69 Å². The first kappa shape index (κ1) is 16.7. The van der Waals surface area contributed by atoms with Crippen LogP contribution in [-0.4, -0.2) is 22.0 Å². The minimum Gasteiger partial charge on any atom is -0.313 e. The second-order valence-electron chi connectivity index (χ2n) is 5.65. The second-order valence-corrected chi connectivity index (χ2v) is 5.65. The largest absolute Gasteiger partial charge is 0.328 e. The number of fused-ring (bicyclic) bond motifs is 1. The molecule has 6 heteroatoms. The van der Waals surface area contributed by atoms with E-state index < -0.39 is 11.2 Å². The van der Waals surface area contributed by atoms with Gasteiger partial charge in [-0.05, 0) is 31.2 Å². The van der Waals surface area contributed by atoms with E-state index in [1.165, 1.54) is 4.57 Å². The summed E-state index contributed by atoms with van der Waals surface area (Å²) in [6, 6.07) is 16.3. The molecule has 0 bridgehead atoms. The first-order chi connectivity index (χ1) is 12.1. The highest BCUT2D eigenvalue weighted by Gasteiger charge is 2.15. The molecule has 0 fully saturated rings. The zero-order chi connectivity index (χ0) is 17.8. The fourth-order valence-corrected chi connectivity index (χ4v) is 2.92. The maximum Gasteiger partial charge on any atom is 0.328 e. The SMILES string of the molecule is CCN(C(=O)CCn1c(=O)[nH]c(=O)c2ccccc21)c1ccccc1. The van der Waals surface area contributed by atoms with Crippen LogP contribution in [0.1, 0.15) is 13.3 Å². The second kappa shape index (κ2) is 7.17. The van der Waals surface area contributed by atoms with Gasteiger partial charge in [-0.25, -0.2) is 4.79 Å². The predicted octanol–water partition coefficient (Wildman–Crippen LogP) is 2.13. The van der Waals surface area contributed by atoms with Crippen molar-refractivity contribution >= 4 is 22.5 Å². The smallest absolute Gasteiger partial charge is 0.313 e. The molecule has 1 aromatic heterocycles. The van der Waals surface area contributed by atoms with Crippen molar-refractivity contribution < 1.29 is 4.79 Å². The van der Waals surface area contributed by atoms with E-state index in [1.807, 2.05) is 37.3 Å². The van der Waals surface area contributed by atoms with Gasteiger partial charge in [0.1, 0.15) is 0 Å². The zero-order valence-corrected chi connectivity index (χ0v) is 13.9. The van der Waals surface area contributed by atoms with Crippen LogP contribution in [0.2, 0.25) is 0 Å². The number of nitrogens with zero attached hydrogens (tertiary/aromatic N) is 2. The summed E-state index contributed by atoms with van der Waals surface area (Å²) in [7, 11) is 0. The lowest BCUT2D eigenvalue weighted by Crippen LogP contribution is -2.34. The molecule has 128 valence electrons. The molecule has 0 saturated carbocycles. The van der Waals surface area contributed by atoms with Gasteiger partial charge in [-0.2, -0.15) is 0 Å². The van der Waals surface area contributed by atoms with Gasteiger partial charge in [0.15, 0.2) is 0 Å². The average molecular weight is 337 g/mol. The third kappa shape index (κ3) is 3.38. The van der Waals surface area contributed by atoms with Gasteiger partial charge in [0.25, 0.3) is 5.56 Å². The van der Waals surface area contributed by atoms with Crippen molar-refractivity contribution in [2.75, 3.05) is 11.4 Å². The highest BCUT2D eigenvalue weighted by molar-refractivity contribution is 5.93. The Morgan fingerprint density at radius 1 is 1.04 bits per heavy atom. The summed E-state index contributed by atoms with van der Waals surface area (Å²) in [6.07, 6.45) is 0.165. The predicted molar refractivity (Wildman–Crippen MR) is 97.9 cm³/mol. The number of nitrogens with one attached hydrogen (secondary N) is 1. The Morgan fingerprint density at radius 2 is 1.72 bits per heavy atom. The number of anilines is 1. The number of benzene rings is 2. The quantitative estimate of drug-likeness (QED) is 0.775. The van der Waals surface area contributed by atoms with Crippen molar-refractivity contribution in [1.82, 2.24) is 9.55 Å². The van der Waals surface area contributed by atoms with Gasteiger partial charge in [0.2, 0.25) is 5.91 Å². The summed E-state index contributed by atoms with van der Waals surface area (Å²) >= 11 is 0. The highest BCUT2D eigenvalue weighted by atomic mass is 16.2. The Balaban J connectivity index is 1.87. The Labute approximate surface area is 144 Å². The monoisotopic (exact) mass is 337 g/mol. The molecule has 0 aliphatic heterocycles. The zero-order valence-electron chi connectivity index (χ0n) is 13.9. The Morgan fingerprint density at radius 3 is 2.44 bits per heavy atom. The van der Waals surface area contributed by atoms with E-state index in [-0.39, 0.29) is 18.9 Å². The number of aromatic amines is 1. The number of carbonyl (C=O) groups is 1. The van der Waals surface area contributed by atoms with Crippen LogP contribution in [0, 0.1) is 0 Å². The molecule has 0 saturated heterocycles. The molecule has 0 radical (unpaired) electrons. The van der Waals surface area contributed by atoms with Crippen LogP contribution < -0.4 is 16.1 Å². The Kier molecular flexibility index (Phi) is 4.79. The lowest BCUT2D eigenvalue weighted by molar-refractivity contribution is -0.118. The highest BCUT2D eigenvalue weighted by Crippen LogP contribution is 2.15. The summed E-state index contributed by atoms with van der Waals surface area (Å²) in [5.41, 5.74) is 0.447. The van der Waals surface area contributed by atoms with Gasteiger partial charge < -0.3 is 4.90 Å². The molecule has 0 aliphatic rings. The van der Waals surface area contributed by atoms with Crippen molar-refractivity contribution in [3.63, 3.8) is 0 Å². The van der Waals surface area contributed by atoms with Crippen LogP contribution in [0.3, 0.4) is 0 Å². The number of rotatable bonds is 5. The number of amides is 1. The van der Waals surface area contributed by atoms with E-state index >= 15 is 0 Å². The van der Waals surface area contributed by atoms with Crippen molar-refractivity contribution in [3.8, 4) is 0 Å². The number of hydrogen-bond acceptors (Lipinski definition) is 3. The minimum atomic E-state index is -0.501. The third-order valence-corrected chi connectivity index (χ3v) is 4.14. The van der Waals surface area contributed by atoms with Crippen LogP contribution >= 0.6 is 0 Å². The molecule has 0 unspecified atom stereocenters.